The minimum atomic E-state index is -0.234. The average Bonchev–Trinajstić information content (AvgIpc) is 3.51. The molecule has 1 aliphatic carbocycles. The van der Waals surface area contributed by atoms with Gasteiger partial charge in [-0.05, 0) is 36.3 Å². The molecule has 2 aromatic rings. The van der Waals surface area contributed by atoms with Crippen LogP contribution in [0.3, 0.4) is 0 Å². The number of hydrogen-bond donors (Lipinski definition) is 1. The molecule has 0 radical (unpaired) electrons. The number of thioether (sulfide) groups is 1. The van der Waals surface area contributed by atoms with Crippen molar-refractivity contribution in [2.75, 3.05) is 13.4 Å². The van der Waals surface area contributed by atoms with Gasteiger partial charge in [0.25, 0.3) is 5.91 Å². The standard InChI is InChI=1S/C20H21N3O2S/c1-25-12-14-5-3-13(4-6-14)11-22-19(24)16-9-18(15-7-8-15)23-20(26-2)17(16)10-21/h3-6,9,15H,7-8,11-12H2,1-2H3,(H,22,24). The van der Waals surface area contributed by atoms with Crippen LogP contribution in [0.5, 0.6) is 0 Å². The fourth-order valence-corrected chi connectivity index (χ4v) is 3.32. The summed E-state index contributed by atoms with van der Waals surface area (Å²) in [6.45, 7) is 0.975. The number of pyridine rings is 1. The molecule has 134 valence electrons. The maximum atomic E-state index is 12.7. The predicted molar refractivity (Wildman–Crippen MR) is 101 cm³/mol. The zero-order valence-corrected chi connectivity index (χ0v) is 15.7. The van der Waals surface area contributed by atoms with E-state index in [4.69, 9.17) is 4.74 Å². The normalized spacial score (nSPS) is 13.3. The topological polar surface area (TPSA) is 75.0 Å². The first-order chi connectivity index (χ1) is 12.7. The summed E-state index contributed by atoms with van der Waals surface area (Å²) < 4.78 is 5.10. The first-order valence-corrected chi connectivity index (χ1v) is 9.72. The lowest BCUT2D eigenvalue weighted by Crippen LogP contribution is -2.24. The van der Waals surface area contributed by atoms with E-state index in [0.29, 0.717) is 35.2 Å². The van der Waals surface area contributed by atoms with E-state index in [-0.39, 0.29) is 5.91 Å². The third-order valence-corrected chi connectivity index (χ3v) is 5.02. The SMILES string of the molecule is COCc1ccc(CNC(=O)c2cc(C3CC3)nc(SC)c2C#N)cc1. The minimum absolute atomic E-state index is 0.234. The van der Waals surface area contributed by atoms with E-state index < -0.39 is 0 Å². The largest absolute Gasteiger partial charge is 0.380 e. The summed E-state index contributed by atoms with van der Waals surface area (Å²) >= 11 is 1.41. The fourth-order valence-electron chi connectivity index (χ4n) is 2.76. The Morgan fingerprint density at radius 2 is 2.04 bits per heavy atom. The fraction of sp³-hybridized carbons (Fsp3) is 0.350. The van der Waals surface area contributed by atoms with Crippen LogP contribution in [0.25, 0.3) is 0 Å². The van der Waals surface area contributed by atoms with Gasteiger partial charge in [-0.3, -0.25) is 4.79 Å². The quantitative estimate of drug-likeness (QED) is 0.757. The summed E-state index contributed by atoms with van der Waals surface area (Å²) in [5, 5.41) is 13.0. The Morgan fingerprint density at radius 1 is 1.35 bits per heavy atom. The Labute approximate surface area is 157 Å². The van der Waals surface area contributed by atoms with Gasteiger partial charge >= 0.3 is 0 Å². The number of amides is 1. The smallest absolute Gasteiger partial charge is 0.253 e. The maximum absolute atomic E-state index is 12.7. The average molecular weight is 367 g/mol. The zero-order chi connectivity index (χ0) is 18.5. The molecule has 1 heterocycles. The number of nitrogens with zero attached hydrogens (tertiary/aromatic N) is 2. The van der Waals surface area contributed by atoms with Gasteiger partial charge in [0.05, 0.1) is 17.7 Å². The van der Waals surface area contributed by atoms with E-state index in [1.165, 1.54) is 11.8 Å². The number of hydrogen-bond acceptors (Lipinski definition) is 5. The third-order valence-electron chi connectivity index (χ3n) is 4.34. The highest BCUT2D eigenvalue weighted by molar-refractivity contribution is 7.98. The number of carbonyl (C=O) groups excluding carboxylic acids is 1. The second kappa shape index (κ2) is 8.35. The van der Waals surface area contributed by atoms with Crippen LogP contribution in [0.2, 0.25) is 0 Å². The van der Waals surface area contributed by atoms with Crippen LogP contribution >= 0.6 is 11.8 Å². The van der Waals surface area contributed by atoms with Gasteiger partial charge in [-0.15, -0.1) is 11.8 Å². The number of methoxy groups -OCH3 is 1. The molecular formula is C20H21N3O2S. The first kappa shape index (κ1) is 18.4. The van der Waals surface area contributed by atoms with Crippen LogP contribution in [0.15, 0.2) is 35.4 Å². The van der Waals surface area contributed by atoms with Gasteiger partial charge in [-0.1, -0.05) is 24.3 Å². The Balaban J connectivity index is 1.76. The molecule has 1 saturated carbocycles. The van der Waals surface area contributed by atoms with Gasteiger partial charge in [0, 0.05) is 25.3 Å². The molecule has 0 bridgehead atoms. The highest BCUT2D eigenvalue weighted by atomic mass is 32.2. The van der Waals surface area contributed by atoms with Crippen LogP contribution < -0.4 is 5.32 Å². The molecule has 6 heteroatoms. The van der Waals surface area contributed by atoms with Crippen LogP contribution in [0.1, 0.15) is 51.5 Å². The van der Waals surface area contributed by atoms with Gasteiger partial charge < -0.3 is 10.1 Å². The molecule has 1 fully saturated rings. The number of rotatable bonds is 7. The van der Waals surface area contributed by atoms with Crippen molar-refractivity contribution in [1.82, 2.24) is 10.3 Å². The van der Waals surface area contributed by atoms with E-state index in [1.54, 1.807) is 13.2 Å². The lowest BCUT2D eigenvalue weighted by molar-refractivity contribution is 0.0950. The molecule has 26 heavy (non-hydrogen) atoms. The van der Waals surface area contributed by atoms with Crippen molar-refractivity contribution in [2.45, 2.75) is 36.9 Å². The molecule has 1 amide bonds. The summed E-state index contributed by atoms with van der Waals surface area (Å²) in [6.07, 6.45) is 4.08. The molecule has 1 aliphatic rings. The molecule has 1 N–H and O–H groups in total. The van der Waals surface area contributed by atoms with Crippen LogP contribution in [0.4, 0.5) is 0 Å². The summed E-state index contributed by atoms with van der Waals surface area (Å²) in [4.78, 5) is 17.3. The lowest BCUT2D eigenvalue weighted by atomic mass is 10.1. The van der Waals surface area contributed by atoms with Crippen LogP contribution in [-0.2, 0) is 17.9 Å². The molecule has 0 saturated heterocycles. The molecule has 1 aromatic carbocycles. The second-order valence-electron chi connectivity index (χ2n) is 6.30. The highest BCUT2D eigenvalue weighted by Gasteiger charge is 2.28. The Kier molecular flexibility index (Phi) is 5.92. The summed E-state index contributed by atoms with van der Waals surface area (Å²) in [5.41, 5.74) is 3.78. The molecule has 5 nitrogen and oxygen atoms in total. The van der Waals surface area contributed by atoms with Crippen molar-refractivity contribution in [1.29, 1.82) is 5.26 Å². The lowest BCUT2D eigenvalue weighted by Gasteiger charge is -2.11. The number of carbonyl (C=O) groups is 1. The van der Waals surface area contributed by atoms with Gasteiger partial charge in [-0.2, -0.15) is 5.26 Å². The maximum Gasteiger partial charge on any atom is 0.253 e. The van der Waals surface area contributed by atoms with Crippen LogP contribution in [-0.4, -0.2) is 24.3 Å². The van der Waals surface area contributed by atoms with E-state index in [1.807, 2.05) is 30.5 Å². The van der Waals surface area contributed by atoms with E-state index in [0.717, 1.165) is 29.7 Å². The van der Waals surface area contributed by atoms with Crippen molar-refractivity contribution < 1.29 is 9.53 Å². The molecule has 0 atom stereocenters. The Morgan fingerprint density at radius 3 is 2.62 bits per heavy atom. The molecule has 0 spiro atoms. The number of benzene rings is 1. The molecular weight excluding hydrogens is 346 g/mol. The number of nitriles is 1. The first-order valence-electron chi connectivity index (χ1n) is 8.50. The van der Waals surface area contributed by atoms with Gasteiger partial charge in [0.15, 0.2) is 0 Å². The summed E-state index contributed by atoms with van der Waals surface area (Å²) in [5.74, 6) is 0.190. The number of ether oxygens (including phenoxy) is 1. The molecule has 3 rings (SSSR count). The van der Waals surface area contributed by atoms with Crippen molar-refractivity contribution >= 4 is 17.7 Å². The van der Waals surface area contributed by atoms with Gasteiger partial charge in [0.1, 0.15) is 11.1 Å². The van der Waals surface area contributed by atoms with Crippen molar-refractivity contribution in [3.63, 3.8) is 0 Å². The van der Waals surface area contributed by atoms with Crippen molar-refractivity contribution in [2.24, 2.45) is 0 Å². The molecule has 0 aliphatic heterocycles. The van der Waals surface area contributed by atoms with Gasteiger partial charge in [0.2, 0.25) is 0 Å². The minimum Gasteiger partial charge on any atom is -0.380 e. The summed E-state index contributed by atoms with van der Waals surface area (Å²) in [7, 11) is 1.66. The Hall–Kier alpha value is -2.36. The number of nitrogens with one attached hydrogen (secondary N) is 1. The monoisotopic (exact) mass is 367 g/mol. The zero-order valence-electron chi connectivity index (χ0n) is 14.9. The van der Waals surface area contributed by atoms with E-state index in [9.17, 15) is 10.1 Å². The molecule has 0 unspecified atom stereocenters. The van der Waals surface area contributed by atoms with Crippen molar-refractivity contribution in [3.8, 4) is 6.07 Å². The van der Waals surface area contributed by atoms with E-state index in [2.05, 4.69) is 16.4 Å². The highest BCUT2D eigenvalue weighted by Crippen LogP contribution is 2.40. The second-order valence-corrected chi connectivity index (χ2v) is 7.09. The predicted octanol–water partition coefficient (Wildman–Crippen LogP) is 3.63. The third kappa shape index (κ3) is 4.24. The summed E-state index contributed by atoms with van der Waals surface area (Å²) in [6, 6.07) is 11.8. The van der Waals surface area contributed by atoms with Crippen LogP contribution in [0, 0.1) is 11.3 Å². The van der Waals surface area contributed by atoms with E-state index >= 15 is 0 Å². The van der Waals surface area contributed by atoms with Gasteiger partial charge in [-0.25, -0.2) is 4.98 Å². The number of aromatic nitrogens is 1. The Bertz CT molecular complexity index is 839. The molecule has 1 aromatic heterocycles. The van der Waals surface area contributed by atoms with Crippen molar-refractivity contribution in [3.05, 3.63) is 58.3 Å².